The fourth-order valence-electron chi connectivity index (χ4n) is 3.59. The molecule has 1 unspecified atom stereocenters. The normalized spacial score (nSPS) is 17.0. The first-order valence-electron chi connectivity index (χ1n) is 10.5. The molecule has 1 saturated heterocycles. The standard InChI is InChI=1S/C23H32N4O2/c1-4-24-23(26-19-12-14-27(16-19)22(28)17(2)3)25-13-15-29-21-11-7-9-18-8-5-6-10-20(18)21/h5-11,17,19H,4,12-16H2,1-3H3,(H2,24,25,26). The summed E-state index contributed by atoms with van der Waals surface area (Å²) in [7, 11) is 0. The molecule has 2 N–H and O–H groups in total. The van der Waals surface area contributed by atoms with Crippen molar-refractivity contribution in [1.82, 2.24) is 15.5 Å². The highest BCUT2D eigenvalue weighted by Gasteiger charge is 2.27. The van der Waals surface area contributed by atoms with Gasteiger partial charge in [-0.05, 0) is 24.8 Å². The average Bonchev–Trinajstić information content (AvgIpc) is 3.19. The molecular formula is C23H32N4O2. The Kier molecular flexibility index (Phi) is 7.33. The Morgan fingerprint density at radius 3 is 2.83 bits per heavy atom. The van der Waals surface area contributed by atoms with Gasteiger partial charge in [-0.25, -0.2) is 4.99 Å². The number of aliphatic imine (C=N–C) groups is 1. The molecule has 2 aromatic carbocycles. The number of benzene rings is 2. The lowest BCUT2D eigenvalue weighted by Gasteiger charge is -2.20. The van der Waals surface area contributed by atoms with E-state index in [0.717, 1.165) is 43.2 Å². The number of ether oxygens (including phenoxy) is 1. The third kappa shape index (κ3) is 5.62. The van der Waals surface area contributed by atoms with Gasteiger partial charge in [-0.2, -0.15) is 0 Å². The van der Waals surface area contributed by atoms with E-state index in [9.17, 15) is 4.79 Å². The second-order valence-electron chi connectivity index (χ2n) is 7.66. The largest absolute Gasteiger partial charge is 0.491 e. The van der Waals surface area contributed by atoms with Crippen molar-refractivity contribution in [3.05, 3.63) is 42.5 Å². The summed E-state index contributed by atoms with van der Waals surface area (Å²) < 4.78 is 5.98. The number of carbonyl (C=O) groups is 1. The number of fused-ring (bicyclic) bond motifs is 1. The zero-order valence-electron chi connectivity index (χ0n) is 17.6. The van der Waals surface area contributed by atoms with Crippen LogP contribution >= 0.6 is 0 Å². The number of hydrogen-bond acceptors (Lipinski definition) is 3. The molecular weight excluding hydrogens is 364 g/mol. The zero-order valence-corrected chi connectivity index (χ0v) is 17.6. The summed E-state index contributed by atoms with van der Waals surface area (Å²) in [5.41, 5.74) is 0. The molecule has 6 heteroatoms. The van der Waals surface area contributed by atoms with Crippen LogP contribution < -0.4 is 15.4 Å². The first-order chi connectivity index (χ1) is 14.1. The van der Waals surface area contributed by atoms with Gasteiger partial charge >= 0.3 is 0 Å². The maximum absolute atomic E-state index is 12.2. The van der Waals surface area contributed by atoms with Crippen LogP contribution in [-0.4, -0.2) is 55.6 Å². The maximum atomic E-state index is 12.2. The molecule has 29 heavy (non-hydrogen) atoms. The van der Waals surface area contributed by atoms with E-state index in [1.54, 1.807) is 0 Å². The Balaban J connectivity index is 1.52. The molecule has 156 valence electrons. The van der Waals surface area contributed by atoms with Gasteiger partial charge in [0.05, 0.1) is 6.54 Å². The summed E-state index contributed by atoms with van der Waals surface area (Å²) in [6.45, 7) is 9.33. The van der Waals surface area contributed by atoms with Gasteiger partial charge in [-0.15, -0.1) is 0 Å². The number of nitrogens with one attached hydrogen (secondary N) is 2. The average molecular weight is 397 g/mol. The van der Waals surface area contributed by atoms with E-state index in [1.807, 2.05) is 49.9 Å². The predicted molar refractivity (Wildman–Crippen MR) is 118 cm³/mol. The van der Waals surface area contributed by atoms with Gasteiger partial charge in [0.1, 0.15) is 12.4 Å². The van der Waals surface area contributed by atoms with Crippen molar-refractivity contribution in [2.24, 2.45) is 10.9 Å². The third-order valence-corrected chi connectivity index (χ3v) is 5.05. The molecule has 0 bridgehead atoms. The molecule has 1 aliphatic heterocycles. The Hall–Kier alpha value is -2.76. The van der Waals surface area contributed by atoms with E-state index < -0.39 is 0 Å². The van der Waals surface area contributed by atoms with Gasteiger partial charge in [0.25, 0.3) is 0 Å². The Morgan fingerprint density at radius 1 is 1.24 bits per heavy atom. The quantitative estimate of drug-likeness (QED) is 0.429. The predicted octanol–water partition coefficient (Wildman–Crippen LogP) is 3.03. The molecule has 2 aromatic rings. The monoisotopic (exact) mass is 396 g/mol. The second kappa shape index (κ2) is 10.1. The lowest BCUT2D eigenvalue weighted by atomic mass is 10.1. The topological polar surface area (TPSA) is 66.0 Å². The molecule has 0 radical (unpaired) electrons. The summed E-state index contributed by atoms with van der Waals surface area (Å²) in [6, 6.07) is 14.5. The smallest absolute Gasteiger partial charge is 0.225 e. The van der Waals surface area contributed by atoms with Crippen LogP contribution in [0.5, 0.6) is 5.75 Å². The molecule has 0 saturated carbocycles. The van der Waals surface area contributed by atoms with E-state index in [2.05, 4.69) is 33.8 Å². The van der Waals surface area contributed by atoms with Crippen LogP contribution in [0.1, 0.15) is 27.2 Å². The minimum atomic E-state index is 0.0434. The van der Waals surface area contributed by atoms with E-state index in [-0.39, 0.29) is 17.9 Å². The van der Waals surface area contributed by atoms with Crippen LogP contribution in [0.2, 0.25) is 0 Å². The molecule has 0 aromatic heterocycles. The van der Waals surface area contributed by atoms with Crippen LogP contribution in [0, 0.1) is 5.92 Å². The van der Waals surface area contributed by atoms with E-state index in [0.29, 0.717) is 13.2 Å². The van der Waals surface area contributed by atoms with Gasteiger partial charge in [-0.1, -0.05) is 50.2 Å². The van der Waals surface area contributed by atoms with Crippen LogP contribution in [0.3, 0.4) is 0 Å². The first-order valence-corrected chi connectivity index (χ1v) is 10.5. The molecule has 1 heterocycles. The summed E-state index contributed by atoms with van der Waals surface area (Å²) in [5, 5.41) is 9.03. The van der Waals surface area contributed by atoms with Crippen molar-refractivity contribution >= 4 is 22.6 Å². The second-order valence-corrected chi connectivity index (χ2v) is 7.66. The SMILES string of the molecule is CCNC(=NCCOc1cccc2ccccc12)NC1CCN(C(=O)C(C)C)C1. The van der Waals surface area contributed by atoms with Crippen molar-refractivity contribution in [1.29, 1.82) is 0 Å². The van der Waals surface area contributed by atoms with Crippen LogP contribution in [0.25, 0.3) is 10.8 Å². The summed E-state index contributed by atoms with van der Waals surface area (Å²) >= 11 is 0. The fourth-order valence-corrected chi connectivity index (χ4v) is 3.59. The van der Waals surface area contributed by atoms with Crippen LogP contribution in [0.15, 0.2) is 47.5 Å². The van der Waals surface area contributed by atoms with Gasteiger partial charge in [-0.3, -0.25) is 4.79 Å². The molecule has 1 fully saturated rings. The van der Waals surface area contributed by atoms with Gasteiger partial charge in [0, 0.05) is 37.0 Å². The Bertz CT molecular complexity index is 844. The Labute approximate surface area is 173 Å². The number of likely N-dealkylation sites (tertiary alicyclic amines) is 1. The highest BCUT2D eigenvalue weighted by molar-refractivity contribution is 5.88. The third-order valence-electron chi connectivity index (χ3n) is 5.05. The Morgan fingerprint density at radius 2 is 2.03 bits per heavy atom. The minimum Gasteiger partial charge on any atom is -0.491 e. The molecule has 1 amide bonds. The molecule has 1 atom stereocenters. The zero-order chi connectivity index (χ0) is 20.6. The lowest BCUT2D eigenvalue weighted by Crippen LogP contribution is -2.45. The number of hydrogen-bond donors (Lipinski definition) is 2. The molecule has 0 aliphatic carbocycles. The summed E-state index contributed by atoms with van der Waals surface area (Å²) in [5.74, 6) is 1.93. The maximum Gasteiger partial charge on any atom is 0.225 e. The molecule has 1 aliphatic rings. The minimum absolute atomic E-state index is 0.0434. The lowest BCUT2D eigenvalue weighted by molar-refractivity contribution is -0.133. The van der Waals surface area contributed by atoms with Gasteiger partial charge in [0.2, 0.25) is 5.91 Å². The van der Waals surface area contributed by atoms with Crippen LogP contribution in [0.4, 0.5) is 0 Å². The number of nitrogens with zero attached hydrogens (tertiary/aromatic N) is 2. The van der Waals surface area contributed by atoms with Gasteiger partial charge in [0.15, 0.2) is 5.96 Å². The number of amides is 1. The van der Waals surface area contributed by atoms with Crippen LogP contribution in [-0.2, 0) is 4.79 Å². The highest BCUT2D eigenvalue weighted by Crippen LogP contribution is 2.24. The molecule has 6 nitrogen and oxygen atoms in total. The number of guanidine groups is 1. The van der Waals surface area contributed by atoms with Crippen molar-refractivity contribution in [2.45, 2.75) is 33.2 Å². The van der Waals surface area contributed by atoms with Crippen molar-refractivity contribution in [2.75, 3.05) is 32.8 Å². The molecule has 3 rings (SSSR count). The highest BCUT2D eigenvalue weighted by atomic mass is 16.5. The number of rotatable bonds is 7. The van der Waals surface area contributed by atoms with E-state index in [1.165, 1.54) is 5.39 Å². The summed E-state index contributed by atoms with van der Waals surface area (Å²) in [6.07, 6.45) is 0.940. The van der Waals surface area contributed by atoms with Crippen molar-refractivity contribution < 1.29 is 9.53 Å². The van der Waals surface area contributed by atoms with Crippen molar-refractivity contribution in [3.63, 3.8) is 0 Å². The van der Waals surface area contributed by atoms with E-state index >= 15 is 0 Å². The number of carbonyl (C=O) groups excluding carboxylic acids is 1. The molecule has 0 spiro atoms. The first kappa shape index (κ1) is 21.0. The fraction of sp³-hybridized carbons (Fsp3) is 0.478. The van der Waals surface area contributed by atoms with E-state index in [4.69, 9.17) is 4.74 Å². The summed E-state index contributed by atoms with van der Waals surface area (Å²) in [4.78, 5) is 18.8. The van der Waals surface area contributed by atoms with Gasteiger partial charge < -0.3 is 20.3 Å². The van der Waals surface area contributed by atoms with Crippen molar-refractivity contribution in [3.8, 4) is 5.75 Å².